The first-order valence-electron chi connectivity index (χ1n) is 6.82. The second-order valence-corrected chi connectivity index (χ2v) is 4.67. The smallest absolute Gasteiger partial charge is 0.00670 e. The fourth-order valence-electron chi connectivity index (χ4n) is 2.46. The van der Waals surface area contributed by atoms with Gasteiger partial charge in [-0.1, -0.05) is 33.1 Å². The Morgan fingerprint density at radius 1 is 1.07 bits per heavy atom. The Labute approximate surface area is 95.4 Å². The highest BCUT2D eigenvalue weighted by Gasteiger charge is 2.11. The van der Waals surface area contributed by atoms with Gasteiger partial charge < -0.3 is 10.2 Å². The van der Waals surface area contributed by atoms with Crippen LogP contribution >= 0.6 is 0 Å². The van der Waals surface area contributed by atoms with Crippen LogP contribution in [0.5, 0.6) is 0 Å². The molecule has 0 amide bonds. The monoisotopic (exact) mass is 212 g/mol. The first-order valence-corrected chi connectivity index (χ1v) is 6.82. The topological polar surface area (TPSA) is 15.3 Å². The van der Waals surface area contributed by atoms with Crippen molar-refractivity contribution in [1.29, 1.82) is 0 Å². The van der Waals surface area contributed by atoms with Crippen LogP contribution in [0.4, 0.5) is 0 Å². The van der Waals surface area contributed by atoms with Crippen LogP contribution in [0.25, 0.3) is 0 Å². The predicted molar refractivity (Wildman–Crippen MR) is 67.3 cm³/mol. The van der Waals surface area contributed by atoms with Crippen LogP contribution in [-0.2, 0) is 0 Å². The normalized spacial score (nSPS) is 18.6. The summed E-state index contributed by atoms with van der Waals surface area (Å²) >= 11 is 0. The summed E-state index contributed by atoms with van der Waals surface area (Å²) in [5.41, 5.74) is 0. The lowest BCUT2D eigenvalue weighted by Crippen LogP contribution is -2.34. The molecule has 0 unspecified atom stereocenters. The lowest BCUT2D eigenvalue weighted by atomic mass is 9.95. The summed E-state index contributed by atoms with van der Waals surface area (Å²) in [6.45, 7) is 9.35. The van der Waals surface area contributed by atoms with Crippen LogP contribution in [0.3, 0.4) is 0 Å². The molecule has 1 saturated carbocycles. The number of nitrogens with one attached hydrogen (secondary N) is 1. The van der Waals surface area contributed by atoms with E-state index in [2.05, 4.69) is 24.1 Å². The lowest BCUT2D eigenvalue weighted by Gasteiger charge is -2.24. The third kappa shape index (κ3) is 5.53. The summed E-state index contributed by atoms with van der Waals surface area (Å²) in [5.74, 6) is 0. The summed E-state index contributed by atoms with van der Waals surface area (Å²) in [5, 5.41) is 3.70. The van der Waals surface area contributed by atoms with Crippen molar-refractivity contribution in [3.63, 3.8) is 0 Å². The number of hydrogen-bond donors (Lipinski definition) is 1. The number of nitrogens with zero attached hydrogens (tertiary/aromatic N) is 1. The Morgan fingerprint density at radius 3 is 2.33 bits per heavy atom. The van der Waals surface area contributed by atoms with E-state index in [9.17, 15) is 0 Å². The molecular weight excluding hydrogens is 184 g/mol. The Kier molecular flexibility index (Phi) is 7.03. The molecule has 2 heteroatoms. The molecule has 1 rings (SSSR count). The molecule has 90 valence electrons. The van der Waals surface area contributed by atoms with E-state index >= 15 is 0 Å². The highest BCUT2D eigenvalue weighted by atomic mass is 15.1. The van der Waals surface area contributed by atoms with Crippen molar-refractivity contribution in [2.75, 3.05) is 26.2 Å². The maximum Gasteiger partial charge on any atom is 0.00670 e. The maximum absolute atomic E-state index is 3.70. The zero-order valence-corrected chi connectivity index (χ0v) is 10.6. The number of hydrogen-bond acceptors (Lipinski definition) is 2. The van der Waals surface area contributed by atoms with Crippen LogP contribution < -0.4 is 5.32 Å². The average molecular weight is 212 g/mol. The van der Waals surface area contributed by atoms with E-state index in [1.807, 2.05) is 0 Å². The minimum Gasteiger partial charge on any atom is -0.314 e. The van der Waals surface area contributed by atoms with E-state index in [1.54, 1.807) is 0 Å². The maximum atomic E-state index is 3.70. The summed E-state index contributed by atoms with van der Waals surface area (Å²) in [6.07, 6.45) is 8.45. The minimum atomic E-state index is 0.829. The molecule has 15 heavy (non-hydrogen) atoms. The van der Waals surface area contributed by atoms with E-state index in [4.69, 9.17) is 0 Å². The van der Waals surface area contributed by atoms with Gasteiger partial charge in [-0.15, -0.1) is 0 Å². The largest absolute Gasteiger partial charge is 0.314 e. The van der Waals surface area contributed by atoms with Gasteiger partial charge in [-0.25, -0.2) is 0 Å². The van der Waals surface area contributed by atoms with Crippen molar-refractivity contribution in [2.24, 2.45) is 0 Å². The number of rotatable bonds is 7. The summed E-state index contributed by atoms with van der Waals surface area (Å²) in [4.78, 5) is 2.50. The molecule has 0 aliphatic heterocycles. The van der Waals surface area contributed by atoms with Gasteiger partial charge in [-0.3, -0.25) is 0 Å². The zero-order valence-electron chi connectivity index (χ0n) is 10.6. The molecule has 1 aliphatic carbocycles. The fourth-order valence-corrected chi connectivity index (χ4v) is 2.46. The third-order valence-electron chi connectivity index (χ3n) is 3.58. The Balaban J connectivity index is 1.95. The molecule has 1 fully saturated rings. The standard InChI is InChI=1S/C13H28N2/c1-3-15(4-2)12-8-11-14-13-9-6-5-7-10-13/h13-14H,3-12H2,1-2H3. The van der Waals surface area contributed by atoms with E-state index in [0.717, 1.165) is 6.04 Å². The first-order chi connectivity index (χ1) is 7.36. The van der Waals surface area contributed by atoms with Crippen LogP contribution in [0.15, 0.2) is 0 Å². The van der Waals surface area contributed by atoms with Gasteiger partial charge in [-0.05, 0) is 45.4 Å². The molecule has 0 radical (unpaired) electrons. The molecule has 0 heterocycles. The molecule has 0 spiro atoms. The summed E-state index contributed by atoms with van der Waals surface area (Å²) in [6, 6.07) is 0.829. The van der Waals surface area contributed by atoms with Crippen molar-refractivity contribution >= 4 is 0 Å². The summed E-state index contributed by atoms with van der Waals surface area (Å²) in [7, 11) is 0. The van der Waals surface area contributed by atoms with E-state index in [-0.39, 0.29) is 0 Å². The Bertz CT molecular complexity index is 137. The molecule has 0 aromatic carbocycles. The molecule has 0 saturated heterocycles. The highest BCUT2D eigenvalue weighted by Crippen LogP contribution is 2.17. The average Bonchev–Trinajstić information content (AvgIpc) is 2.31. The van der Waals surface area contributed by atoms with Crippen molar-refractivity contribution in [3.05, 3.63) is 0 Å². The fraction of sp³-hybridized carbons (Fsp3) is 1.00. The zero-order chi connectivity index (χ0) is 10.9. The van der Waals surface area contributed by atoms with Gasteiger partial charge in [0, 0.05) is 6.04 Å². The lowest BCUT2D eigenvalue weighted by molar-refractivity contribution is 0.290. The highest BCUT2D eigenvalue weighted by molar-refractivity contribution is 4.71. The molecule has 2 nitrogen and oxygen atoms in total. The van der Waals surface area contributed by atoms with E-state index < -0.39 is 0 Å². The van der Waals surface area contributed by atoms with Crippen LogP contribution in [0.2, 0.25) is 0 Å². The SMILES string of the molecule is CCN(CC)CCCNC1CCCCC1. The van der Waals surface area contributed by atoms with Gasteiger partial charge in [0.05, 0.1) is 0 Å². The molecule has 0 atom stereocenters. The summed E-state index contributed by atoms with van der Waals surface area (Å²) < 4.78 is 0. The third-order valence-corrected chi connectivity index (χ3v) is 3.58. The van der Waals surface area contributed by atoms with Crippen molar-refractivity contribution in [1.82, 2.24) is 10.2 Å². The minimum absolute atomic E-state index is 0.829. The van der Waals surface area contributed by atoms with E-state index in [1.165, 1.54) is 64.7 Å². The van der Waals surface area contributed by atoms with Crippen LogP contribution in [-0.4, -0.2) is 37.1 Å². The molecule has 1 N–H and O–H groups in total. The van der Waals surface area contributed by atoms with Gasteiger partial charge >= 0.3 is 0 Å². The molecule has 0 aromatic rings. The van der Waals surface area contributed by atoms with Crippen LogP contribution in [0, 0.1) is 0 Å². The molecule has 0 aromatic heterocycles. The van der Waals surface area contributed by atoms with E-state index in [0.29, 0.717) is 0 Å². The Morgan fingerprint density at radius 2 is 1.73 bits per heavy atom. The second kappa shape index (κ2) is 8.12. The second-order valence-electron chi connectivity index (χ2n) is 4.67. The molecule has 0 bridgehead atoms. The molecular formula is C13H28N2. The van der Waals surface area contributed by atoms with Gasteiger partial charge in [0.2, 0.25) is 0 Å². The van der Waals surface area contributed by atoms with Crippen molar-refractivity contribution in [2.45, 2.75) is 58.4 Å². The quantitative estimate of drug-likeness (QED) is 0.653. The van der Waals surface area contributed by atoms with Crippen molar-refractivity contribution < 1.29 is 0 Å². The van der Waals surface area contributed by atoms with Gasteiger partial charge in [-0.2, -0.15) is 0 Å². The molecule has 1 aliphatic rings. The van der Waals surface area contributed by atoms with Gasteiger partial charge in [0.25, 0.3) is 0 Å². The van der Waals surface area contributed by atoms with Crippen LogP contribution in [0.1, 0.15) is 52.4 Å². The van der Waals surface area contributed by atoms with Crippen molar-refractivity contribution in [3.8, 4) is 0 Å². The predicted octanol–water partition coefficient (Wildman–Crippen LogP) is 2.64. The van der Waals surface area contributed by atoms with Gasteiger partial charge in [0.15, 0.2) is 0 Å². The van der Waals surface area contributed by atoms with Gasteiger partial charge in [0.1, 0.15) is 0 Å². The first kappa shape index (κ1) is 13.0. The Hall–Kier alpha value is -0.0800.